The van der Waals surface area contributed by atoms with Gasteiger partial charge in [0, 0.05) is 0 Å². The lowest BCUT2D eigenvalue weighted by molar-refractivity contribution is -0.290. The zero-order chi connectivity index (χ0) is 22.7. The van der Waals surface area contributed by atoms with Gasteiger partial charge in [0.05, 0.1) is 11.5 Å². The number of hydrogen-bond acceptors (Lipinski definition) is 10. The molecular formula is C16H22N2O10S3. The second-order valence-corrected chi connectivity index (χ2v) is 11.8. The number of rotatable bonds is 5. The van der Waals surface area contributed by atoms with Crippen molar-refractivity contribution in [2.45, 2.75) is 55.6 Å². The van der Waals surface area contributed by atoms with E-state index < -0.39 is 68.1 Å². The number of nitrogens with zero attached hydrogens (tertiary/aromatic N) is 1. The molecule has 12 nitrogen and oxygen atoms in total. The molecule has 3 heterocycles. The van der Waals surface area contributed by atoms with E-state index in [-0.39, 0.29) is 11.5 Å². The second kappa shape index (κ2) is 7.79. The van der Waals surface area contributed by atoms with Crippen LogP contribution in [0.3, 0.4) is 0 Å². The van der Waals surface area contributed by atoms with E-state index in [0.29, 0.717) is 0 Å². The molecule has 4 rings (SSSR count). The molecule has 0 radical (unpaired) electrons. The molecule has 1 aromatic carbocycles. The van der Waals surface area contributed by atoms with Crippen LogP contribution in [-0.4, -0.2) is 59.9 Å². The van der Waals surface area contributed by atoms with Gasteiger partial charge in [0.15, 0.2) is 17.0 Å². The van der Waals surface area contributed by atoms with Gasteiger partial charge in [0.25, 0.3) is 10.0 Å². The Morgan fingerprint density at radius 1 is 1.19 bits per heavy atom. The second-order valence-electron chi connectivity index (χ2n) is 7.69. The van der Waals surface area contributed by atoms with Crippen LogP contribution in [-0.2, 0) is 58.3 Å². The van der Waals surface area contributed by atoms with Gasteiger partial charge in [-0.05, 0) is 32.9 Å². The Hall–Kier alpha value is -1.01. The van der Waals surface area contributed by atoms with Crippen LogP contribution in [0.2, 0.25) is 0 Å². The fourth-order valence-corrected chi connectivity index (χ4v) is 6.35. The van der Waals surface area contributed by atoms with Crippen molar-refractivity contribution in [2.24, 2.45) is 8.91 Å². The van der Waals surface area contributed by atoms with Gasteiger partial charge >= 0.3 is 10.3 Å². The maximum absolute atomic E-state index is 12.6. The number of nitrogens with two attached hydrogens (primary N) is 1. The van der Waals surface area contributed by atoms with E-state index in [4.69, 9.17) is 31.9 Å². The fraction of sp³-hybridized carbons (Fsp3) is 0.625. The van der Waals surface area contributed by atoms with Gasteiger partial charge in [-0.2, -0.15) is 16.8 Å². The molecule has 15 heteroatoms. The van der Waals surface area contributed by atoms with Gasteiger partial charge in [-0.25, -0.2) is 5.14 Å². The molecule has 0 aromatic heterocycles. The SMILES string of the molecule is Cc1ccc(S(=O)(=O)/N=[S@@]2/O[C@@H]3[C@@H](CO[C@@]4(COS(N)(=O)=O)OC(C)(C)O[C@@H]34)O2)cc1. The van der Waals surface area contributed by atoms with E-state index in [1.54, 1.807) is 26.0 Å². The van der Waals surface area contributed by atoms with Gasteiger partial charge < -0.3 is 14.2 Å². The Labute approximate surface area is 182 Å². The topological polar surface area (TPSA) is 162 Å². The maximum atomic E-state index is 12.6. The zero-order valence-electron chi connectivity index (χ0n) is 16.8. The molecule has 5 atom stereocenters. The molecule has 2 N–H and O–H groups in total. The number of sulfonamides is 1. The van der Waals surface area contributed by atoms with Crippen molar-refractivity contribution in [1.82, 2.24) is 0 Å². The van der Waals surface area contributed by atoms with Crippen LogP contribution >= 0.6 is 0 Å². The monoisotopic (exact) mass is 498 g/mol. The Kier molecular flexibility index (Phi) is 5.82. The third kappa shape index (κ3) is 4.85. The summed E-state index contributed by atoms with van der Waals surface area (Å²) in [6.45, 7) is 4.35. The molecule has 3 saturated heterocycles. The highest BCUT2D eigenvalue weighted by Crippen LogP contribution is 2.46. The van der Waals surface area contributed by atoms with Gasteiger partial charge in [0.1, 0.15) is 24.9 Å². The van der Waals surface area contributed by atoms with Gasteiger partial charge in [0.2, 0.25) is 5.79 Å². The molecule has 0 unspecified atom stereocenters. The minimum Gasteiger partial charge on any atom is -0.343 e. The summed E-state index contributed by atoms with van der Waals surface area (Å²) in [6, 6.07) is 6.19. The van der Waals surface area contributed by atoms with Crippen LogP contribution in [0.5, 0.6) is 0 Å². The number of fused-ring (bicyclic) bond motifs is 3. The van der Waals surface area contributed by atoms with Crippen molar-refractivity contribution in [1.29, 1.82) is 0 Å². The molecular weight excluding hydrogens is 476 g/mol. The number of ether oxygens (including phenoxy) is 3. The maximum Gasteiger partial charge on any atom is 0.333 e. The summed E-state index contributed by atoms with van der Waals surface area (Å²) < 4.78 is 85.0. The van der Waals surface area contributed by atoms with Gasteiger partial charge in [-0.1, -0.05) is 21.5 Å². The molecule has 0 bridgehead atoms. The Bertz CT molecular complexity index is 1100. The lowest BCUT2D eigenvalue weighted by Crippen LogP contribution is -2.60. The Morgan fingerprint density at radius 3 is 2.52 bits per heavy atom. The first kappa shape index (κ1) is 23.2. The van der Waals surface area contributed by atoms with Crippen LogP contribution in [0.25, 0.3) is 0 Å². The minimum absolute atomic E-state index is 0.00130. The molecule has 0 spiro atoms. The highest BCUT2D eigenvalue weighted by Gasteiger charge is 2.65. The third-order valence-electron chi connectivity index (χ3n) is 4.72. The first-order chi connectivity index (χ1) is 14.3. The summed E-state index contributed by atoms with van der Waals surface area (Å²) in [7, 11) is -8.32. The highest BCUT2D eigenvalue weighted by molar-refractivity contribution is 7.97. The lowest BCUT2D eigenvalue weighted by Gasteiger charge is -2.39. The van der Waals surface area contributed by atoms with Crippen molar-refractivity contribution >= 4 is 31.6 Å². The summed E-state index contributed by atoms with van der Waals surface area (Å²) in [6.07, 6.45) is -2.55. The van der Waals surface area contributed by atoms with Gasteiger partial charge in [-0.15, -0.1) is 0 Å². The summed E-state index contributed by atoms with van der Waals surface area (Å²) in [4.78, 5) is 0.00130. The highest BCUT2D eigenvalue weighted by atomic mass is 32.3. The largest absolute Gasteiger partial charge is 0.343 e. The molecule has 174 valence electrons. The standard InChI is InChI=1S/C16H22N2O10S3/c1-10-4-6-11(7-5-10)30(19,20)18-29-26-12-8-23-16(9-24-31(17,21)22)14(13(12)27-29)25-15(2,3)28-16/h4-7,12-14H,8-9H2,1-3H3,(H2,17,21,22)/t12-,13-,14+,16+,29+/m1/s1. The average Bonchev–Trinajstić information content (AvgIpc) is 3.16. The van der Waals surface area contributed by atoms with E-state index >= 15 is 0 Å². The molecule has 3 aliphatic rings. The number of aryl methyl sites for hydroxylation is 1. The molecule has 0 amide bonds. The van der Waals surface area contributed by atoms with Crippen molar-refractivity contribution in [3.05, 3.63) is 29.8 Å². The van der Waals surface area contributed by atoms with E-state index in [2.05, 4.69) is 3.77 Å². The van der Waals surface area contributed by atoms with E-state index in [9.17, 15) is 16.8 Å². The summed E-state index contributed by atoms with van der Waals surface area (Å²) >= 11 is -1.76. The van der Waals surface area contributed by atoms with Crippen LogP contribution < -0.4 is 5.14 Å². The van der Waals surface area contributed by atoms with E-state index in [1.807, 2.05) is 6.92 Å². The Morgan fingerprint density at radius 2 is 1.87 bits per heavy atom. The third-order valence-corrected chi connectivity index (χ3v) is 8.11. The minimum atomic E-state index is -4.28. The molecule has 3 aliphatic heterocycles. The lowest BCUT2D eigenvalue weighted by atomic mass is 9.98. The normalized spacial score (nSPS) is 35.1. The summed E-state index contributed by atoms with van der Waals surface area (Å²) in [5.74, 6) is -2.81. The smallest absolute Gasteiger partial charge is 0.333 e. The fourth-order valence-electron chi connectivity index (χ4n) is 3.44. The first-order valence-corrected chi connectivity index (χ1v) is 13.1. The van der Waals surface area contributed by atoms with Crippen molar-refractivity contribution < 1.29 is 43.6 Å². The average molecular weight is 499 g/mol. The predicted octanol–water partition coefficient (Wildman–Crippen LogP) is 0.198. The first-order valence-electron chi connectivity index (χ1n) is 9.11. The summed E-state index contributed by atoms with van der Waals surface area (Å²) in [5.41, 5.74) is 0.900. The number of hydrogen-bond donors (Lipinski definition) is 1. The molecule has 1 aromatic rings. The van der Waals surface area contributed by atoms with Crippen molar-refractivity contribution in [3.8, 4) is 0 Å². The number of benzene rings is 1. The van der Waals surface area contributed by atoms with Crippen LogP contribution in [0, 0.1) is 6.92 Å². The molecule has 3 fully saturated rings. The van der Waals surface area contributed by atoms with Crippen LogP contribution in [0.4, 0.5) is 0 Å². The Balaban J connectivity index is 1.59. The zero-order valence-corrected chi connectivity index (χ0v) is 19.2. The van der Waals surface area contributed by atoms with Crippen molar-refractivity contribution in [2.75, 3.05) is 13.2 Å². The van der Waals surface area contributed by atoms with Crippen LogP contribution in [0.15, 0.2) is 32.9 Å². The quantitative estimate of drug-likeness (QED) is 0.593. The predicted molar refractivity (Wildman–Crippen MR) is 106 cm³/mol. The van der Waals surface area contributed by atoms with Crippen LogP contribution in [0.1, 0.15) is 19.4 Å². The molecule has 31 heavy (non-hydrogen) atoms. The van der Waals surface area contributed by atoms with Gasteiger partial charge in [-0.3, -0.25) is 12.5 Å². The molecule has 0 aliphatic carbocycles. The van der Waals surface area contributed by atoms with E-state index in [0.717, 1.165) is 5.56 Å². The van der Waals surface area contributed by atoms with E-state index in [1.165, 1.54) is 12.1 Å². The van der Waals surface area contributed by atoms with Crippen molar-refractivity contribution in [3.63, 3.8) is 0 Å². The molecule has 0 saturated carbocycles. The summed E-state index contributed by atoms with van der Waals surface area (Å²) in [5, 5.41) is 4.92.